The summed E-state index contributed by atoms with van der Waals surface area (Å²) < 4.78 is 2.08. The van der Waals surface area contributed by atoms with Crippen molar-refractivity contribution in [2.24, 2.45) is 0 Å². The van der Waals surface area contributed by atoms with E-state index >= 15 is 0 Å². The number of fused-ring (bicyclic) bond motifs is 2. The van der Waals surface area contributed by atoms with E-state index < -0.39 is 29.7 Å². The van der Waals surface area contributed by atoms with Crippen LogP contribution in [0, 0.1) is 13.8 Å². The molecule has 1 fully saturated rings. The molecular weight excluding hydrogens is 446 g/mol. The van der Waals surface area contributed by atoms with E-state index in [1.807, 2.05) is 26.0 Å². The standard InChI is InChI=1S/C26H27N5O4/c1-4-5-12-27-23-22(28-20-10-6-14(2)15(3)30(20)23)16-7-8-17-18(13-16)26(35)31(25(17)34)19-9-11-21(32)29-24(19)33/h6-8,10,13,19,27H,4-5,9,11-12H2,1-3H3,(H,29,32,33). The summed E-state index contributed by atoms with van der Waals surface area (Å²) in [5, 5.41) is 5.74. The van der Waals surface area contributed by atoms with Crippen molar-refractivity contribution in [3.05, 3.63) is 52.7 Å². The topological polar surface area (TPSA) is 113 Å². The fourth-order valence-corrected chi connectivity index (χ4v) is 4.75. The lowest BCUT2D eigenvalue weighted by Crippen LogP contribution is -2.54. The summed E-state index contributed by atoms with van der Waals surface area (Å²) in [7, 11) is 0. The zero-order valence-corrected chi connectivity index (χ0v) is 20.0. The normalized spacial score (nSPS) is 17.8. The van der Waals surface area contributed by atoms with Crippen LogP contribution in [0.15, 0.2) is 30.3 Å². The highest BCUT2D eigenvalue weighted by Crippen LogP contribution is 2.35. The number of nitrogens with zero attached hydrogens (tertiary/aromatic N) is 3. The fraction of sp³-hybridized carbons (Fsp3) is 0.346. The fourth-order valence-electron chi connectivity index (χ4n) is 4.75. The number of amides is 4. The van der Waals surface area contributed by atoms with Gasteiger partial charge in [-0.05, 0) is 50.5 Å². The minimum Gasteiger partial charge on any atom is -0.369 e. The van der Waals surface area contributed by atoms with Crippen LogP contribution in [0.4, 0.5) is 5.82 Å². The lowest BCUT2D eigenvalue weighted by atomic mass is 10.0. The van der Waals surface area contributed by atoms with Gasteiger partial charge in [0, 0.05) is 24.2 Å². The Labute approximate surface area is 202 Å². The second-order valence-electron chi connectivity index (χ2n) is 9.09. The molecule has 0 spiro atoms. The highest BCUT2D eigenvalue weighted by Gasteiger charge is 2.44. The molecule has 1 atom stereocenters. The van der Waals surface area contributed by atoms with Crippen LogP contribution < -0.4 is 10.6 Å². The molecule has 9 heteroatoms. The van der Waals surface area contributed by atoms with Gasteiger partial charge in [0.05, 0.1) is 11.1 Å². The number of imidazole rings is 1. The first-order valence-electron chi connectivity index (χ1n) is 11.9. The smallest absolute Gasteiger partial charge is 0.262 e. The quantitative estimate of drug-likeness (QED) is 0.420. The Bertz CT molecular complexity index is 1410. The van der Waals surface area contributed by atoms with E-state index in [2.05, 4.69) is 22.0 Å². The van der Waals surface area contributed by atoms with Crippen LogP contribution in [-0.4, -0.2) is 50.5 Å². The molecule has 1 unspecified atom stereocenters. The molecule has 0 saturated carbocycles. The molecule has 4 amide bonds. The molecule has 9 nitrogen and oxygen atoms in total. The summed E-state index contributed by atoms with van der Waals surface area (Å²) >= 11 is 0. The summed E-state index contributed by atoms with van der Waals surface area (Å²) in [6.07, 6.45) is 2.25. The van der Waals surface area contributed by atoms with Crippen LogP contribution in [-0.2, 0) is 9.59 Å². The number of carbonyl (C=O) groups is 4. The monoisotopic (exact) mass is 473 g/mol. The second-order valence-corrected chi connectivity index (χ2v) is 9.09. The molecule has 0 bridgehead atoms. The Balaban J connectivity index is 1.57. The number of carbonyl (C=O) groups excluding carboxylic acids is 4. The van der Waals surface area contributed by atoms with Crippen LogP contribution in [0.1, 0.15) is 64.6 Å². The van der Waals surface area contributed by atoms with Gasteiger partial charge in [0.25, 0.3) is 11.8 Å². The summed E-state index contributed by atoms with van der Waals surface area (Å²) in [5.41, 5.74) is 4.87. The predicted molar refractivity (Wildman–Crippen MR) is 130 cm³/mol. The Morgan fingerprint density at radius 1 is 1.06 bits per heavy atom. The van der Waals surface area contributed by atoms with Crippen molar-refractivity contribution in [3.63, 3.8) is 0 Å². The molecule has 0 aliphatic carbocycles. The summed E-state index contributed by atoms with van der Waals surface area (Å²) in [4.78, 5) is 56.0. The Hall–Kier alpha value is -4.01. The molecular formula is C26H27N5O4. The van der Waals surface area contributed by atoms with Crippen molar-refractivity contribution in [2.45, 2.75) is 52.5 Å². The van der Waals surface area contributed by atoms with Crippen LogP contribution in [0.25, 0.3) is 16.9 Å². The van der Waals surface area contributed by atoms with Gasteiger partial charge in [0.15, 0.2) is 0 Å². The van der Waals surface area contributed by atoms with Crippen LogP contribution in [0.2, 0.25) is 0 Å². The third kappa shape index (κ3) is 3.67. The van der Waals surface area contributed by atoms with Crippen LogP contribution in [0.5, 0.6) is 0 Å². The summed E-state index contributed by atoms with van der Waals surface area (Å²) in [6, 6.07) is 8.08. The molecule has 2 aliphatic heterocycles. The third-order valence-electron chi connectivity index (χ3n) is 6.83. The van der Waals surface area contributed by atoms with E-state index in [4.69, 9.17) is 4.98 Å². The van der Waals surface area contributed by atoms with Gasteiger partial charge >= 0.3 is 0 Å². The van der Waals surface area contributed by atoms with Gasteiger partial charge in [-0.1, -0.05) is 25.5 Å². The van der Waals surface area contributed by atoms with Crippen molar-refractivity contribution >= 4 is 35.1 Å². The van der Waals surface area contributed by atoms with Gasteiger partial charge in [-0.3, -0.25) is 33.8 Å². The van der Waals surface area contributed by atoms with E-state index in [-0.39, 0.29) is 24.0 Å². The first-order valence-corrected chi connectivity index (χ1v) is 11.9. The van der Waals surface area contributed by atoms with Crippen molar-refractivity contribution < 1.29 is 19.2 Å². The van der Waals surface area contributed by atoms with Gasteiger partial charge in [-0.25, -0.2) is 4.98 Å². The summed E-state index contributed by atoms with van der Waals surface area (Å²) in [6.45, 7) is 7.00. The average molecular weight is 474 g/mol. The molecule has 1 saturated heterocycles. The molecule has 35 heavy (non-hydrogen) atoms. The molecule has 5 rings (SSSR count). The van der Waals surface area contributed by atoms with Gasteiger partial charge in [0.1, 0.15) is 23.2 Å². The molecule has 1 aromatic carbocycles. The number of anilines is 1. The number of hydrogen-bond acceptors (Lipinski definition) is 6. The molecule has 2 aliphatic rings. The molecule has 0 radical (unpaired) electrons. The van der Waals surface area contributed by atoms with E-state index in [0.717, 1.165) is 47.0 Å². The Morgan fingerprint density at radius 2 is 1.83 bits per heavy atom. The number of unbranched alkanes of at least 4 members (excludes halogenated alkanes) is 1. The van der Waals surface area contributed by atoms with Crippen LogP contribution >= 0.6 is 0 Å². The molecule has 3 aromatic rings. The van der Waals surface area contributed by atoms with Gasteiger partial charge in [0.2, 0.25) is 11.8 Å². The number of benzene rings is 1. The minimum atomic E-state index is -0.990. The second kappa shape index (κ2) is 8.65. The molecule has 4 heterocycles. The maximum absolute atomic E-state index is 13.3. The highest BCUT2D eigenvalue weighted by atomic mass is 16.2. The first-order chi connectivity index (χ1) is 16.8. The number of nitrogens with one attached hydrogen (secondary N) is 2. The number of rotatable bonds is 6. The lowest BCUT2D eigenvalue weighted by Gasteiger charge is -2.27. The molecule has 2 aromatic heterocycles. The Morgan fingerprint density at radius 3 is 2.57 bits per heavy atom. The minimum absolute atomic E-state index is 0.0852. The van der Waals surface area contributed by atoms with E-state index in [0.29, 0.717) is 11.3 Å². The largest absolute Gasteiger partial charge is 0.369 e. The van der Waals surface area contributed by atoms with Gasteiger partial charge in [-0.2, -0.15) is 0 Å². The number of hydrogen-bond donors (Lipinski definition) is 2. The number of imide groups is 2. The van der Waals surface area contributed by atoms with Gasteiger partial charge in [-0.15, -0.1) is 0 Å². The number of piperidine rings is 1. The average Bonchev–Trinajstić information content (AvgIpc) is 3.32. The number of aryl methyl sites for hydroxylation is 2. The van der Waals surface area contributed by atoms with Crippen molar-refractivity contribution in [3.8, 4) is 11.3 Å². The van der Waals surface area contributed by atoms with Crippen molar-refractivity contribution in [2.75, 3.05) is 11.9 Å². The maximum atomic E-state index is 13.3. The lowest BCUT2D eigenvalue weighted by molar-refractivity contribution is -0.136. The maximum Gasteiger partial charge on any atom is 0.262 e. The van der Waals surface area contributed by atoms with Crippen molar-refractivity contribution in [1.29, 1.82) is 0 Å². The zero-order chi connectivity index (χ0) is 24.9. The van der Waals surface area contributed by atoms with E-state index in [1.54, 1.807) is 18.2 Å². The summed E-state index contributed by atoms with van der Waals surface area (Å²) in [5.74, 6) is -1.23. The first kappa shape index (κ1) is 22.8. The third-order valence-corrected chi connectivity index (χ3v) is 6.83. The Kier molecular flexibility index (Phi) is 5.62. The van der Waals surface area contributed by atoms with Crippen molar-refractivity contribution in [1.82, 2.24) is 19.6 Å². The van der Waals surface area contributed by atoms with E-state index in [9.17, 15) is 19.2 Å². The van der Waals surface area contributed by atoms with Gasteiger partial charge < -0.3 is 5.32 Å². The zero-order valence-electron chi connectivity index (χ0n) is 20.0. The molecule has 2 N–H and O–H groups in total. The SMILES string of the molecule is CCCCNc1c(-c2ccc3c(c2)C(=O)N(C2CCC(=O)NC2=O)C3=O)nc2ccc(C)c(C)n12. The van der Waals surface area contributed by atoms with Crippen LogP contribution in [0.3, 0.4) is 0 Å². The molecule has 180 valence electrons. The highest BCUT2D eigenvalue weighted by molar-refractivity contribution is 6.23. The predicted octanol–water partition coefficient (Wildman–Crippen LogP) is 3.23. The van der Waals surface area contributed by atoms with E-state index in [1.165, 1.54) is 0 Å². The number of aromatic nitrogens is 2. The number of pyridine rings is 1.